The molecular formula is C24H25N5O3. The normalized spacial score (nSPS) is 18.6. The van der Waals surface area contributed by atoms with E-state index in [0.717, 1.165) is 22.5 Å². The number of para-hydroxylation sites is 1. The summed E-state index contributed by atoms with van der Waals surface area (Å²) >= 11 is 0. The fraction of sp³-hybridized carbons (Fsp3) is 0.333. The van der Waals surface area contributed by atoms with Gasteiger partial charge in [0, 0.05) is 41.6 Å². The number of rotatable bonds is 5. The van der Waals surface area contributed by atoms with Crippen LogP contribution in [0.4, 0.5) is 10.5 Å². The molecule has 32 heavy (non-hydrogen) atoms. The van der Waals surface area contributed by atoms with E-state index in [-0.39, 0.29) is 22.9 Å². The van der Waals surface area contributed by atoms with Crippen molar-refractivity contribution >= 4 is 11.7 Å². The fourth-order valence-electron chi connectivity index (χ4n) is 5.06. The number of fused-ring (bicyclic) bond motifs is 3. The molecule has 2 aliphatic rings. The Morgan fingerprint density at radius 1 is 1.12 bits per heavy atom. The first kappa shape index (κ1) is 20.2. The molecule has 1 N–H and O–H groups in total. The highest BCUT2D eigenvalue weighted by atomic mass is 16.6. The van der Waals surface area contributed by atoms with Gasteiger partial charge in [0.05, 0.1) is 24.3 Å². The molecule has 1 saturated heterocycles. The van der Waals surface area contributed by atoms with Crippen molar-refractivity contribution < 1.29 is 9.72 Å². The summed E-state index contributed by atoms with van der Waals surface area (Å²) < 4.78 is 2.06. The molecule has 2 amide bonds. The van der Waals surface area contributed by atoms with E-state index >= 15 is 0 Å². The van der Waals surface area contributed by atoms with Gasteiger partial charge in [0.25, 0.3) is 0 Å². The third kappa shape index (κ3) is 3.72. The van der Waals surface area contributed by atoms with Crippen molar-refractivity contribution in [3.63, 3.8) is 0 Å². The lowest BCUT2D eigenvalue weighted by molar-refractivity contribution is -0.535. The summed E-state index contributed by atoms with van der Waals surface area (Å²) in [4.78, 5) is 30.6. The van der Waals surface area contributed by atoms with Crippen LogP contribution in [0.15, 0.2) is 67.1 Å². The van der Waals surface area contributed by atoms with Crippen molar-refractivity contribution in [2.75, 3.05) is 18.4 Å². The van der Waals surface area contributed by atoms with Crippen LogP contribution in [-0.4, -0.2) is 44.5 Å². The van der Waals surface area contributed by atoms with Crippen LogP contribution in [-0.2, 0) is 0 Å². The fourth-order valence-corrected chi connectivity index (χ4v) is 5.06. The minimum Gasteiger partial charge on any atom is -0.325 e. The Morgan fingerprint density at radius 3 is 2.59 bits per heavy atom. The first-order valence-electron chi connectivity index (χ1n) is 11.0. The van der Waals surface area contributed by atoms with Crippen LogP contribution < -0.4 is 5.32 Å². The summed E-state index contributed by atoms with van der Waals surface area (Å²) in [5.41, 5.74) is 3.99. The molecule has 8 heteroatoms. The minimum absolute atomic E-state index is 0.0643. The van der Waals surface area contributed by atoms with Gasteiger partial charge in [0.15, 0.2) is 0 Å². The minimum atomic E-state index is -0.666. The number of aromatic nitrogens is 2. The largest absolute Gasteiger partial charge is 0.325 e. The summed E-state index contributed by atoms with van der Waals surface area (Å²) in [5.74, 6) is -0.0643. The Balaban J connectivity index is 1.26. The Kier molecular flexibility index (Phi) is 5.34. The number of amides is 2. The molecule has 1 fully saturated rings. The molecule has 8 nitrogen and oxygen atoms in total. The van der Waals surface area contributed by atoms with E-state index in [2.05, 4.69) is 20.9 Å². The van der Waals surface area contributed by atoms with E-state index in [0.29, 0.717) is 32.4 Å². The molecule has 164 valence electrons. The topological polar surface area (TPSA) is 93.3 Å². The first-order chi connectivity index (χ1) is 15.6. The van der Waals surface area contributed by atoms with Crippen LogP contribution in [0.25, 0.3) is 11.3 Å². The smallest absolute Gasteiger partial charge is 0.321 e. The quantitative estimate of drug-likeness (QED) is 0.478. The molecule has 1 unspecified atom stereocenters. The van der Waals surface area contributed by atoms with Gasteiger partial charge in [0.1, 0.15) is 0 Å². The van der Waals surface area contributed by atoms with Crippen LogP contribution in [0.2, 0.25) is 0 Å². The van der Waals surface area contributed by atoms with Crippen LogP contribution in [0.5, 0.6) is 0 Å². The van der Waals surface area contributed by atoms with Crippen molar-refractivity contribution in [2.45, 2.75) is 31.3 Å². The molecule has 0 aliphatic carbocycles. The molecule has 2 aliphatic heterocycles. The van der Waals surface area contributed by atoms with Crippen LogP contribution in [0.1, 0.15) is 30.9 Å². The van der Waals surface area contributed by atoms with Gasteiger partial charge in [-0.15, -0.1) is 0 Å². The number of carbonyl (C=O) groups excluding carboxylic acids is 1. The third-order valence-corrected chi connectivity index (χ3v) is 6.73. The van der Waals surface area contributed by atoms with Crippen LogP contribution in [0.3, 0.4) is 0 Å². The second-order valence-electron chi connectivity index (χ2n) is 8.50. The number of urea groups is 1. The maximum absolute atomic E-state index is 12.6. The van der Waals surface area contributed by atoms with Gasteiger partial charge < -0.3 is 14.8 Å². The van der Waals surface area contributed by atoms with E-state index in [1.165, 1.54) is 0 Å². The highest BCUT2D eigenvalue weighted by Gasteiger charge is 2.40. The van der Waals surface area contributed by atoms with E-state index in [1.807, 2.05) is 54.7 Å². The molecule has 0 saturated carbocycles. The summed E-state index contributed by atoms with van der Waals surface area (Å²) in [6.07, 6.45) is 5.27. The molecule has 0 bridgehead atoms. The van der Waals surface area contributed by atoms with Crippen molar-refractivity contribution in [3.8, 4) is 11.3 Å². The number of anilines is 1. The van der Waals surface area contributed by atoms with Crippen molar-refractivity contribution in [2.24, 2.45) is 5.92 Å². The summed E-state index contributed by atoms with van der Waals surface area (Å²) in [7, 11) is 0. The van der Waals surface area contributed by atoms with Gasteiger partial charge in [-0.25, -0.2) is 9.78 Å². The first-order valence-corrected chi connectivity index (χ1v) is 11.0. The Bertz CT molecular complexity index is 1120. The zero-order valence-electron chi connectivity index (χ0n) is 17.6. The SMILES string of the molecule is O=C(Nc1ccccc1)N1CCC([C@@H](CC2c3ccccc3-c3cncn32)[N+](=O)[O-])CC1. The summed E-state index contributed by atoms with van der Waals surface area (Å²) in [6.45, 7) is 1.04. The average Bonchev–Trinajstić information content (AvgIpc) is 3.40. The third-order valence-electron chi connectivity index (χ3n) is 6.73. The number of imidazole rings is 1. The second-order valence-corrected chi connectivity index (χ2v) is 8.50. The Morgan fingerprint density at radius 2 is 1.84 bits per heavy atom. The molecule has 2 aromatic carbocycles. The van der Waals surface area contributed by atoms with Gasteiger partial charge in [0.2, 0.25) is 6.04 Å². The lowest BCUT2D eigenvalue weighted by Gasteiger charge is -2.33. The summed E-state index contributed by atoms with van der Waals surface area (Å²) in [5, 5.41) is 15.0. The molecule has 2 atom stereocenters. The van der Waals surface area contributed by atoms with E-state index in [9.17, 15) is 14.9 Å². The number of benzene rings is 2. The predicted octanol–water partition coefficient (Wildman–Crippen LogP) is 4.43. The maximum atomic E-state index is 12.6. The van der Waals surface area contributed by atoms with E-state index in [1.54, 1.807) is 11.2 Å². The van der Waals surface area contributed by atoms with Gasteiger partial charge in [-0.3, -0.25) is 10.1 Å². The number of nitrogens with one attached hydrogen (secondary N) is 1. The lowest BCUT2D eigenvalue weighted by Crippen LogP contribution is -2.45. The maximum Gasteiger partial charge on any atom is 0.321 e. The molecule has 3 heterocycles. The zero-order valence-corrected chi connectivity index (χ0v) is 17.6. The number of nitro groups is 1. The molecule has 0 spiro atoms. The number of piperidine rings is 1. The number of hydrogen-bond donors (Lipinski definition) is 1. The van der Waals surface area contributed by atoms with Gasteiger partial charge in [-0.1, -0.05) is 42.5 Å². The molecule has 0 radical (unpaired) electrons. The van der Waals surface area contributed by atoms with E-state index in [4.69, 9.17) is 0 Å². The molecule has 3 aromatic rings. The number of nitrogens with zero attached hydrogens (tertiary/aromatic N) is 4. The molecule has 1 aromatic heterocycles. The lowest BCUT2D eigenvalue weighted by atomic mass is 9.85. The van der Waals surface area contributed by atoms with Crippen LogP contribution >= 0.6 is 0 Å². The van der Waals surface area contributed by atoms with Crippen molar-refractivity contribution in [1.29, 1.82) is 0 Å². The standard InChI is InChI=1S/C24H25N5O3/c30-24(26-18-6-2-1-3-7-18)27-12-10-17(11-13-27)21(29(31)32)14-22-19-8-4-5-9-20(19)23-15-25-16-28(22)23/h1-9,15-17,21-22H,10-14H2,(H,26,30)/t21-,22?/m1/s1. The van der Waals surface area contributed by atoms with Gasteiger partial charge >= 0.3 is 6.03 Å². The number of likely N-dealkylation sites (tertiary alicyclic amines) is 1. The van der Waals surface area contributed by atoms with E-state index < -0.39 is 6.04 Å². The van der Waals surface area contributed by atoms with Gasteiger partial charge in [-0.05, 0) is 30.5 Å². The monoisotopic (exact) mass is 431 g/mol. The predicted molar refractivity (Wildman–Crippen MR) is 121 cm³/mol. The molecular weight excluding hydrogens is 406 g/mol. The highest BCUT2D eigenvalue weighted by molar-refractivity contribution is 5.89. The zero-order chi connectivity index (χ0) is 22.1. The highest BCUT2D eigenvalue weighted by Crippen LogP contribution is 2.42. The van der Waals surface area contributed by atoms with Crippen LogP contribution in [0, 0.1) is 16.0 Å². The summed E-state index contributed by atoms with van der Waals surface area (Å²) in [6, 6.07) is 16.5. The second kappa shape index (κ2) is 8.45. The Hall–Kier alpha value is -3.68. The van der Waals surface area contributed by atoms with Crippen molar-refractivity contribution in [1.82, 2.24) is 14.5 Å². The van der Waals surface area contributed by atoms with Crippen molar-refractivity contribution in [3.05, 3.63) is 82.8 Å². The molecule has 5 rings (SSSR count). The number of hydrogen-bond acceptors (Lipinski definition) is 4. The average molecular weight is 431 g/mol. The Labute approximate surface area is 186 Å². The van der Waals surface area contributed by atoms with Gasteiger partial charge in [-0.2, -0.15) is 0 Å². The number of carbonyl (C=O) groups is 1.